The molecular formula is C13H12ClNO. The van der Waals surface area contributed by atoms with Crippen molar-refractivity contribution in [3.63, 3.8) is 0 Å². The third-order valence-electron chi connectivity index (χ3n) is 2.41. The van der Waals surface area contributed by atoms with E-state index in [2.05, 4.69) is 0 Å². The summed E-state index contributed by atoms with van der Waals surface area (Å²) in [6.45, 7) is 0. The lowest BCUT2D eigenvalue weighted by Crippen LogP contribution is -1.92. The minimum atomic E-state index is 0.666. The van der Waals surface area contributed by atoms with E-state index in [-0.39, 0.29) is 0 Å². The van der Waals surface area contributed by atoms with Crippen molar-refractivity contribution >= 4 is 17.3 Å². The van der Waals surface area contributed by atoms with Crippen molar-refractivity contribution in [2.24, 2.45) is 0 Å². The monoisotopic (exact) mass is 233 g/mol. The largest absolute Gasteiger partial charge is 0.496 e. The Hall–Kier alpha value is -1.67. The Balaban J connectivity index is 2.63. The van der Waals surface area contributed by atoms with Crippen molar-refractivity contribution < 1.29 is 4.74 Å². The van der Waals surface area contributed by atoms with Gasteiger partial charge in [0, 0.05) is 21.8 Å². The fourth-order valence-electron chi connectivity index (χ4n) is 1.63. The van der Waals surface area contributed by atoms with Crippen molar-refractivity contribution in [1.29, 1.82) is 0 Å². The zero-order valence-electron chi connectivity index (χ0n) is 8.91. The predicted molar refractivity (Wildman–Crippen MR) is 67.9 cm³/mol. The molecule has 2 N–H and O–H groups in total. The standard InChI is InChI=1S/C13H12ClNO/c1-16-13-7-6-9(14)8-11(13)10-4-2-3-5-12(10)15/h2-8H,15H2,1H3. The van der Waals surface area contributed by atoms with Gasteiger partial charge in [-0.3, -0.25) is 0 Å². The van der Waals surface area contributed by atoms with Crippen molar-refractivity contribution in [3.05, 3.63) is 47.5 Å². The summed E-state index contributed by atoms with van der Waals surface area (Å²) in [7, 11) is 1.63. The van der Waals surface area contributed by atoms with E-state index in [1.807, 2.05) is 36.4 Å². The van der Waals surface area contributed by atoms with Crippen LogP contribution in [-0.4, -0.2) is 7.11 Å². The topological polar surface area (TPSA) is 35.2 Å². The minimum Gasteiger partial charge on any atom is -0.496 e. The molecule has 0 bridgehead atoms. The highest BCUT2D eigenvalue weighted by molar-refractivity contribution is 6.31. The second kappa shape index (κ2) is 4.45. The molecule has 0 unspecified atom stereocenters. The molecule has 82 valence electrons. The number of anilines is 1. The summed E-state index contributed by atoms with van der Waals surface area (Å²) in [5.74, 6) is 0.766. The fraction of sp³-hybridized carbons (Fsp3) is 0.0769. The van der Waals surface area contributed by atoms with Gasteiger partial charge in [-0.1, -0.05) is 29.8 Å². The zero-order chi connectivity index (χ0) is 11.5. The summed E-state index contributed by atoms with van der Waals surface area (Å²) in [4.78, 5) is 0. The van der Waals surface area contributed by atoms with Crippen LogP contribution in [0.25, 0.3) is 11.1 Å². The first-order chi connectivity index (χ1) is 7.72. The fourth-order valence-corrected chi connectivity index (χ4v) is 1.81. The van der Waals surface area contributed by atoms with Crippen molar-refractivity contribution in [3.8, 4) is 16.9 Å². The SMILES string of the molecule is COc1ccc(Cl)cc1-c1ccccc1N. The molecule has 2 nitrogen and oxygen atoms in total. The first-order valence-electron chi connectivity index (χ1n) is 4.91. The van der Waals surface area contributed by atoms with Crippen LogP contribution < -0.4 is 10.5 Å². The second-order valence-electron chi connectivity index (χ2n) is 3.43. The molecule has 0 aliphatic carbocycles. The van der Waals surface area contributed by atoms with Gasteiger partial charge in [0.15, 0.2) is 0 Å². The molecule has 0 atom stereocenters. The Morgan fingerprint density at radius 3 is 2.50 bits per heavy atom. The molecule has 2 rings (SSSR count). The van der Waals surface area contributed by atoms with E-state index < -0.39 is 0 Å². The van der Waals surface area contributed by atoms with Gasteiger partial charge in [-0.15, -0.1) is 0 Å². The van der Waals surface area contributed by atoms with E-state index in [0.29, 0.717) is 10.7 Å². The van der Waals surface area contributed by atoms with Crippen LogP contribution in [0.1, 0.15) is 0 Å². The van der Waals surface area contributed by atoms with Gasteiger partial charge in [0.05, 0.1) is 7.11 Å². The molecule has 0 amide bonds. The maximum absolute atomic E-state index is 5.98. The normalized spacial score (nSPS) is 10.1. The molecule has 2 aromatic rings. The molecular weight excluding hydrogens is 222 g/mol. The molecule has 0 heterocycles. The van der Waals surface area contributed by atoms with Crippen LogP contribution in [0.4, 0.5) is 5.69 Å². The van der Waals surface area contributed by atoms with Crippen LogP contribution in [-0.2, 0) is 0 Å². The maximum atomic E-state index is 5.98. The number of nitrogen functional groups attached to an aromatic ring is 1. The summed E-state index contributed by atoms with van der Waals surface area (Å²) < 4.78 is 5.30. The quantitative estimate of drug-likeness (QED) is 0.805. The average Bonchev–Trinajstić information content (AvgIpc) is 2.29. The summed E-state index contributed by atoms with van der Waals surface area (Å²) in [6, 6.07) is 13.1. The van der Waals surface area contributed by atoms with Crippen LogP contribution in [0.15, 0.2) is 42.5 Å². The van der Waals surface area contributed by atoms with Crippen LogP contribution in [0.2, 0.25) is 5.02 Å². The first-order valence-corrected chi connectivity index (χ1v) is 5.28. The summed E-state index contributed by atoms with van der Waals surface area (Å²) in [6.07, 6.45) is 0. The van der Waals surface area contributed by atoms with Crippen LogP contribution in [0, 0.1) is 0 Å². The number of methoxy groups -OCH3 is 1. The molecule has 0 aliphatic heterocycles. The molecule has 0 saturated carbocycles. The van der Waals surface area contributed by atoms with Crippen molar-refractivity contribution in [2.75, 3.05) is 12.8 Å². The number of hydrogen-bond acceptors (Lipinski definition) is 2. The Morgan fingerprint density at radius 2 is 1.81 bits per heavy atom. The summed E-state index contributed by atoms with van der Waals surface area (Å²) in [5.41, 5.74) is 8.48. The molecule has 0 aliphatic rings. The van der Waals surface area contributed by atoms with Gasteiger partial charge in [-0.25, -0.2) is 0 Å². The molecule has 0 saturated heterocycles. The molecule has 0 spiro atoms. The minimum absolute atomic E-state index is 0.666. The highest BCUT2D eigenvalue weighted by Crippen LogP contribution is 2.35. The Kier molecular flexibility index (Phi) is 3.02. The van der Waals surface area contributed by atoms with Crippen molar-refractivity contribution in [2.45, 2.75) is 0 Å². The van der Waals surface area contributed by atoms with E-state index in [9.17, 15) is 0 Å². The first kappa shape index (κ1) is 10.8. The third-order valence-corrected chi connectivity index (χ3v) is 2.65. The van der Waals surface area contributed by atoms with E-state index in [0.717, 1.165) is 16.9 Å². The molecule has 0 aromatic heterocycles. The summed E-state index contributed by atoms with van der Waals surface area (Å²) in [5, 5.41) is 0.666. The number of benzene rings is 2. The van der Waals surface area contributed by atoms with Gasteiger partial charge >= 0.3 is 0 Å². The van der Waals surface area contributed by atoms with Gasteiger partial charge in [0.2, 0.25) is 0 Å². The number of rotatable bonds is 2. The van der Waals surface area contributed by atoms with E-state index in [1.165, 1.54) is 0 Å². The molecule has 16 heavy (non-hydrogen) atoms. The lowest BCUT2D eigenvalue weighted by Gasteiger charge is -2.10. The van der Waals surface area contributed by atoms with Crippen LogP contribution in [0.3, 0.4) is 0 Å². The van der Waals surface area contributed by atoms with Crippen molar-refractivity contribution in [1.82, 2.24) is 0 Å². The number of para-hydroxylation sites is 1. The summed E-state index contributed by atoms with van der Waals surface area (Å²) >= 11 is 5.98. The number of halogens is 1. The number of nitrogens with two attached hydrogens (primary N) is 1. The third kappa shape index (κ3) is 1.97. The smallest absolute Gasteiger partial charge is 0.126 e. The van der Waals surface area contributed by atoms with E-state index in [1.54, 1.807) is 13.2 Å². The lowest BCUT2D eigenvalue weighted by molar-refractivity contribution is 0.416. The van der Waals surface area contributed by atoms with E-state index in [4.69, 9.17) is 22.1 Å². The predicted octanol–water partition coefficient (Wildman–Crippen LogP) is 3.60. The lowest BCUT2D eigenvalue weighted by atomic mass is 10.0. The van der Waals surface area contributed by atoms with Gasteiger partial charge in [-0.05, 0) is 24.3 Å². The Labute approximate surface area is 99.6 Å². The van der Waals surface area contributed by atoms with Crippen LogP contribution in [0.5, 0.6) is 5.75 Å². The van der Waals surface area contributed by atoms with Gasteiger partial charge in [0.1, 0.15) is 5.75 Å². The van der Waals surface area contributed by atoms with Crippen LogP contribution >= 0.6 is 11.6 Å². The van der Waals surface area contributed by atoms with Gasteiger partial charge in [0.25, 0.3) is 0 Å². The molecule has 2 aromatic carbocycles. The number of hydrogen-bond donors (Lipinski definition) is 1. The Bertz CT molecular complexity index is 511. The number of ether oxygens (including phenoxy) is 1. The van der Waals surface area contributed by atoms with Gasteiger partial charge in [-0.2, -0.15) is 0 Å². The highest BCUT2D eigenvalue weighted by atomic mass is 35.5. The van der Waals surface area contributed by atoms with E-state index >= 15 is 0 Å². The highest BCUT2D eigenvalue weighted by Gasteiger charge is 2.08. The Morgan fingerprint density at radius 1 is 1.06 bits per heavy atom. The zero-order valence-corrected chi connectivity index (χ0v) is 9.66. The molecule has 0 fully saturated rings. The maximum Gasteiger partial charge on any atom is 0.126 e. The second-order valence-corrected chi connectivity index (χ2v) is 3.87. The average molecular weight is 234 g/mol. The molecule has 0 radical (unpaired) electrons. The molecule has 3 heteroatoms. The van der Waals surface area contributed by atoms with Gasteiger partial charge < -0.3 is 10.5 Å².